The van der Waals surface area contributed by atoms with Crippen LogP contribution in [0.15, 0.2) is 52.9 Å². The van der Waals surface area contributed by atoms with Crippen LogP contribution >= 0.6 is 0 Å². The highest BCUT2D eigenvalue weighted by Crippen LogP contribution is 2.30. The Morgan fingerprint density at radius 1 is 0.844 bits per heavy atom. The van der Waals surface area contributed by atoms with Gasteiger partial charge in [-0.2, -0.15) is 0 Å². The molecule has 1 saturated heterocycles. The smallest absolute Gasteiger partial charge is 0.248 e. The van der Waals surface area contributed by atoms with Crippen molar-refractivity contribution in [3.8, 4) is 22.9 Å². The molecule has 5 nitrogen and oxygen atoms in total. The summed E-state index contributed by atoms with van der Waals surface area (Å²) in [5, 5.41) is 8.61. The molecule has 2 aromatic carbocycles. The molecule has 5 rings (SSSR count). The van der Waals surface area contributed by atoms with Gasteiger partial charge in [0.1, 0.15) is 0 Å². The van der Waals surface area contributed by atoms with Crippen molar-refractivity contribution in [2.24, 2.45) is 5.92 Å². The molecule has 1 unspecified atom stereocenters. The Hall–Kier alpha value is -2.66. The highest BCUT2D eigenvalue weighted by molar-refractivity contribution is 5.61. The summed E-state index contributed by atoms with van der Waals surface area (Å²) >= 11 is 0. The zero-order valence-corrected chi connectivity index (χ0v) is 19.3. The summed E-state index contributed by atoms with van der Waals surface area (Å²) in [7, 11) is 4.32. The monoisotopic (exact) mass is 430 g/mol. The van der Waals surface area contributed by atoms with Crippen LogP contribution in [0.2, 0.25) is 0 Å². The standard InChI is InChI=1S/C27H34N4O/c1-30(2)25-16-17-31(19-25)24-14-12-23(13-15-24)27-29-28-26(32-27)22-10-8-21(9-11-22)18-20-6-4-3-5-7-20/h8-15,20,25H,3-7,16-19H2,1-2H3. The molecule has 1 atom stereocenters. The Balaban J connectivity index is 1.23. The second-order valence-electron chi connectivity index (χ2n) is 9.72. The topological polar surface area (TPSA) is 45.4 Å². The van der Waals surface area contributed by atoms with Crippen molar-refractivity contribution < 1.29 is 4.42 Å². The number of anilines is 1. The molecule has 2 aliphatic rings. The van der Waals surface area contributed by atoms with E-state index < -0.39 is 0 Å². The van der Waals surface area contributed by atoms with Crippen molar-refractivity contribution >= 4 is 5.69 Å². The third-order valence-electron chi connectivity index (χ3n) is 7.25. The third kappa shape index (κ3) is 4.73. The zero-order chi connectivity index (χ0) is 21.9. The van der Waals surface area contributed by atoms with Gasteiger partial charge in [-0.1, -0.05) is 44.2 Å². The molecule has 3 aromatic rings. The largest absolute Gasteiger partial charge is 0.416 e. The molecule has 1 aliphatic carbocycles. The van der Waals surface area contributed by atoms with Crippen LogP contribution in [0, 0.1) is 5.92 Å². The minimum Gasteiger partial charge on any atom is -0.416 e. The summed E-state index contributed by atoms with van der Waals surface area (Å²) in [6, 6.07) is 17.8. The van der Waals surface area contributed by atoms with Crippen molar-refractivity contribution in [1.29, 1.82) is 0 Å². The summed E-state index contributed by atoms with van der Waals surface area (Å²) in [5.41, 5.74) is 4.62. The average molecular weight is 431 g/mol. The molecule has 1 aromatic heterocycles. The van der Waals surface area contributed by atoms with Gasteiger partial charge >= 0.3 is 0 Å². The Morgan fingerprint density at radius 2 is 1.47 bits per heavy atom. The fourth-order valence-electron chi connectivity index (χ4n) is 5.18. The Morgan fingerprint density at radius 3 is 2.06 bits per heavy atom. The van der Waals surface area contributed by atoms with Crippen molar-refractivity contribution in [3.63, 3.8) is 0 Å². The van der Waals surface area contributed by atoms with Crippen molar-refractivity contribution in [1.82, 2.24) is 15.1 Å². The van der Waals surface area contributed by atoms with E-state index in [4.69, 9.17) is 4.42 Å². The molecular formula is C27H34N4O. The SMILES string of the molecule is CN(C)C1CCN(c2ccc(-c3nnc(-c4ccc(CC5CCCCC5)cc4)o3)cc2)C1. The van der Waals surface area contributed by atoms with Gasteiger partial charge in [0, 0.05) is 35.9 Å². The molecule has 32 heavy (non-hydrogen) atoms. The highest BCUT2D eigenvalue weighted by Gasteiger charge is 2.24. The van der Waals surface area contributed by atoms with E-state index in [1.54, 1.807) is 0 Å². The van der Waals surface area contributed by atoms with E-state index >= 15 is 0 Å². The molecule has 0 amide bonds. The van der Waals surface area contributed by atoms with Crippen LogP contribution in [-0.2, 0) is 6.42 Å². The van der Waals surface area contributed by atoms with Gasteiger partial charge in [-0.3, -0.25) is 0 Å². The lowest BCUT2D eigenvalue weighted by Gasteiger charge is -2.21. The predicted molar refractivity (Wildman–Crippen MR) is 130 cm³/mol. The lowest BCUT2D eigenvalue weighted by Crippen LogP contribution is -2.31. The molecular weight excluding hydrogens is 396 g/mol. The van der Waals surface area contributed by atoms with Gasteiger partial charge in [0.25, 0.3) is 0 Å². The normalized spacial score (nSPS) is 19.7. The fraction of sp³-hybridized carbons (Fsp3) is 0.481. The maximum Gasteiger partial charge on any atom is 0.248 e. The van der Waals surface area contributed by atoms with E-state index in [2.05, 4.69) is 82.6 Å². The number of aromatic nitrogens is 2. The minimum absolute atomic E-state index is 0.574. The van der Waals surface area contributed by atoms with Gasteiger partial charge in [0.05, 0.1) is 0 Å². The summed E-state index contributed by atoms with van der Waals surface area (Å²) in [5.74, 6) is 2.01. The maximum atomic E-state index is 6.02. The third-order valence-corrected chi connectivity index (χ3v) is 7.25. The first-order valence-electron chi connectivity index (χ1n) is 12.1. The molecule has 2 fully saturated rings. The molecule has 168 valence electrons. The Bertz CT molecular complexity index is 1000. The molecule has 0 bridgehead atoms. The molecule has 0 N–H and O–H groups in total. The Kier molecular flexibility index (Phi) is 6.26. The Labute approximate surface area is 191 Å². The van der Waals surface area contributed by atoms with Crippen LogP contribution in [0.4, 0.5) is 5.69 Å². The molecule has 0 spiro atoms. The second kappa shape index (κ2) is 9.45. The predicted octanol–water partition coefficient (Wildman–Crippen LogP) is 5.67. The van der Waals surface area contributed by atoms with E-state index in [0.29, 0.717) is 17.8 Å². The highest BCUT2D eigenvalue weighted by atomic mass is 16.4. The molecule has 5 heteroatoms. The van der Waals surface area contributed by atoms with Gasteiger partial charge in [-0.25, -0.2) is 0 Å². The number of benzene rings is 2. The van der Waals surface area contributed by atoms with Gasteiger partial charge in [-0.05, 0) is 74.8 Å². The molecule has 2 heterocycles. The summed E-state index contributed by atoms with van der Waals surface area (Å²) < 4.78 is 6.02. The van der Waals surface area contributed by atoms with Crippen molar-refractivity contribution in [3.05, 3.63) is 54.1 Å². The van der Waals surface area contributed by atoms with E-state index in [1.165, 1.54) is 56.2 Å². The zero-order valence-electron chi connectivity index (χ0n) is 19.3. The van der Waals surface area contributed by atoms with Crippen LogP contribution in [0.25, 0.3) is 22.9 Å². The van der Waals surface area contributed by atoms with Gasteiger partial charge in [-0.15, -0.1) is 10.2 Å². The van der Waals surface area contributed by atoms with E-state index in [9.17, 15) is 0 Å². The van der Waals surface area contributed by atoms with Crippen LogP contribution < -0.4 is 4.90 Å². The lowest BCUT2D eigenvalue weighted by atomic mass is 9.85. The average Bonchev–Trinajstić information content (AvgIpc) is 3.51. The number of hydrogen-bond acceptors (Lipinski definition) is 5. The first-order valence-corrected chi connectivity index (χ1v) is 12.1. The van der Waals surface area contributed by atoms with E-state index in [-0.39, 0.29) is 0 Å². The second-order valence-corrected chi connectivity index (χ2v) is 9.72. The van der Waals surface area contributed by atoms with Crippen molar-refractivity contribution in [2.75, 3.05) is 32.1 Å². The summed E-state index contributed by atoms with van der Waals surface area (Å²) in [4.78, 5) is 4.76. The maximum absolute atomic E-state index is 6.02. The van der Waals surface area contributed by atoms with Gasteiger partial charge in [0.15, 0.2) is 0 Å². The molecule has 1 saturated carbocycles. The van der Waals surface area contributed by atoms with Gasteiger partial charge in [0.2, 0.25) is 11.8 Å². The number of likely N-dealkylation sites (N-methyl/N-ethyl adjacent to an activating group) is 1. The quantitative estimate of drug-likeness (QED) is 0.504. The van der Waals surface area contributed by atoms with Gasteiger partial charge < -0.3 is 14.2 Å². The summed E-state index contributed by atoms with van der Waals surface area (Å²) in [6.45, 7) is 2.18. The van der Waals surface area contributed by atoms with Crippen molar-refractivity contribution in [2.45, 2.75) is 51.0 Å². The number of rotatable bonds is 6. The van der Waals surface area contributed by atoms with Crippen LogP contribution in [0.1, 0.15) is 44.1 Å². The van der Waals surface area contributed by atoms with E-state index in [1.807, 2.05) is 0 Å². The number of hydrogen-bond donors (Lipinski definition) is 0. The van der Waals surface area contributed by atoms with Crippen LogP contribution in [0.3, 0.4) is 0 Å². The van der Waals surface area contributed by atoms with Crippen LogP contribution in [-0.4, -0.2) is 48.3 Å². The van der Waals surface area contributed by atoms with E-state index in [0.717, 1.165) is 30.1 Å². The first-order chi connectivity index (χ1) is 15.7. The minimum atomic E-state index is 0.574. The number of nitrogens with zero attached hydrogens (tertiary/aromatic N) is 4. The summed E-state index contributed by atoms with van der Waals surface area (Å²) in [6.07, 6.45) is 9.34. The van der Waals surface area contributed by atoms with Crippen LogP contribution in [0.5, 0.6) is 0 Å². The first kappa shape index (κ1) is 21.2. The molecule has 1 aliphatic heterocycles. The fourth-order valence-corrected chi connectivity index (χ4v) is 5.18. The molecule has 0 radical (unpaired) electrons. The lowest BCUT2D eigenvalue weighted by molar-refractivity contribution is 0.315.